The smallest absolute Gasteiger partial charge is 0.217 e. The van der Waals surface area contributed by atoms with Gasteiger partial charge in [-0.3, -0.25) is 4.57 Å². The Bertz CT molecular complexity index is 381. The molecule has 0 spiro atoms. The molecule has 0 unspecified atom stereocenters. The quantitative estimate of drug-likeness (QED) is 0.823. The predicted octanol–water partition coefficient (Wildman–Crippen LogP) is 2.69. The minimum Gasteiger partial charge on any atom is -0.360 e. The number of nitrogens with zero attached hydrogens (tertiary/aromatic N) is 3. The Labute approximate surface area is 98.4 Å². The third kappa shape index (κ3) is 3.10. The molecule has 1 rings (SSSR count). The first-order valence-corrected chi connectivity index (χ1v) is 5.21. The first-order chi connectivity index (χ1) is 7.06. The first kappa shape index (κ1) is 12.3. The molecule has 0 atom stereocenters. The Balaban J connectivity index is 2.72. The van der Waals surface area contributed by atoms with Crippen LogP contribution in [0, 0.1) is 17.2 Å². The lowest BCUT2D eigenvalue weighted by Gasteiger charge is -2.08. The van der Waals surface area contributed by atoms with Crippen molar-refractivity contribution in [3.63, 3.8) is 0 Å². The van der Waals surface area contributed by atoms with Gasteiger partial charge in [-0.25, -0.2) is 4.98 Å². The fraction of sp³-hybridized carbons (Fsp3) is 0.556. The highest BCUT2D eigenvalue weighted by molar-refractivity contribution is 6.40. The Morgan fingerprint density at radius 1 is 1.53 bits per heavy atom. The van der Waals surface area contributed by atoms with E-state index in [-0.39, 0.29) is 22.9 Å². The Kier molecular flexibility index (Phi) is 4.40. The van der Waals surface area contributed by atoms with Crippen molar-refractivity contribution in [3.8, 4) is 6.07 Å². The molecule has 1 aromatic heterocycles. The molecule has 0 radical (unpaired) electrons. The van der Waals surface area contributed by atoms with Crippen molar-refractivity contribution in [3.05, 3.63) is 16.1 Å². The van der Waals surface area contributed by atoms with E-state index in [1.807, 2.05) is 19.9 Å². The molecule has 0 aliphatic rings. The maximum Gasteiger partial charge on any atom is 0.217 e. The topological polar surface area (TPSA) is 50.8 Å². The molecule has 0 saturated carbocycles. The molecular weight excluding hydrogens is 237 g/mol. The molecule has 0 bridgehead atoms. The first-order valence-electron chi connectivity index (χ1n) is 4.45. The number of hydrogen-bond donors (Lipinski definition) is 0. The zero-order chi connectivity index (χ0) is 11.4. The standard InChI is InChI=1S/C9H11Cl2N3O/c1-6(2)4-15-5-14-7(3-12)13-8(10)9(14)11/h6H,4-5H2,1-2H3. The van der Waals surface area contributed by atoms with Crippen molar-refractivity contribution in [1.29, 1.82) is 5.26 Å². The summed E-state index contributed by atoms with van der Waals surface area (Å²) >= 11 is 11.5. The molecule has 0 N–H and O–H groups in total. The van der Waals surface area contributed by atoms with E-state index in [1.54, 1.807) is 0 Å². The van der Waals surface area contributed by atoms with Gasteiger partial charge in [-0.15, -0.1) is 0 Å². The molecule has 6 heteroatoms. The number of aromatic nitrogens is 2. The summed E-state index contributed by atoms with van der Waals surface area (Å²) in [6, 6.07) is 1.90. The Morgan fingerprint density at radius 2 is 2.20 bits per heavy atom. The van der Waals surface area contributed by atoms with Gasteiger partial charge in [0.1, 0.15) is 12.8 Å². The number of halogens is 2. The van der Waals surface area contributed by atoms with Crippen molar-refractivity contribution >= 4 is 23.2 Å². The lowest BCUT2D eigenvalue weighted by atomic mass is 10.2. The van der Waals surface area contributed by atoms with E-state index in [2.05, 4.69) is 4.98 Å². The largest absolute Gasteiger partial charge is 0.360 e. The maximum absolute atomic E-state index is 8.76. The van der Waals surface area contributed by atoms with Gasteiger partial charge in [-0.2, -0.15) is 5.26 Å². The fourth-order valence-electron chi connectivity index (χ4n) is 0.987. The Hall–Kier alpha value is -0.760. The minimum absolute atomic E-state index is 0.126. The van der Waals surface area contributed by atoms with Crippen LogP contribution < -0.4 is 0 Å². The van der Waals surface area contributed by atoms with Crippen molar-refractivity contribution in [2.24, 2.45) is 5.92 Å². The van der Waals surface area contributed by atoms with E-state index in [0.717, 1.165) is 0 Å². The normalized spacial score (nSPS) is 10.7. The van der Waals surface area contributed by atoms with Crippen LogP contribution in [0.1, 0.15) is 19.7 Å². The summed E-state index contributed by atoms with van der Waals surface area (Å²) < 4.78 is 6.78. The average molecular weight is 248 g/mol. The van der Waals surface area contributed by atoms with E-state index in [1.165, 1.54) is 4.57 Å². The average Bonchev–Trinajstić information content (AvgIpc) is 2.44. The van der Waals surface area contributed by atoms with E-state index in [0.29, 0.717) is 12.5 Å². The van der Waals surface area contributed by atoms with Gasteiger partial charge in [0.2, 0.25) is 5.82 Å². The highest BCUT2D eigenvalue weighted by atomic mass is 35.5. The number of rotatable bonds is 4. The SMILES string of the molecule is CC(C)COCn1c(C#N)nc(Cl)c1Cl. The van der Waals surface area contributed by atoms with Crippen LogP contribution in [0.2, 0.25) is 10.3 Å². The van der Waals surface area contributed by atoms with Gasteiger partial charge in [0.25, 0.3) is 0 Å². The molecule has 4 nitrogen and oxygen atoms in total. The lowest BCUT2D eigenvalue weighted by molar-refractivity contribution is 0.0574. The molecule has 0 aromatic carbocycles. The Morgan fingerprint density at radius 3 is 2.73 bits per heavy atom. The van der Waals surface area contributed by atoms with Crippen LogP contribution in [0.5, 0.6) is 0 Å². The van der Waals surface area contributed by atoms with Crippen LogP contribution in [0.3, 0.4) is 0 Å². The maximum atomic E-state index is 8.76. The predicted molar refractivity (Wildman–Crippen MR) is 57.8 cm³/mol. The van der Waals surface area contributed by atoms with Gasteiger partial charge in [0.15, 0.2) is 10.3 Å². The van der Waals surface area contributed by atoms with Crippen molar-refractivity contribution < 1.29 is 4.74 Å². The van der Waals surface area contributed by atoms with Crippen LogP contribution in [0.25, 0.3) is 0 Å². The van der Waals surface area contributed by atoms with Crippen LogP contribution in [0.15, 0.2) is 0 Å². The fourth-order valence-corrected chi connectivity index (χ4v) is 1.34. The molecule has 82 valence electrons. The zero-order valence-corrected chi connectivity index (χ0v) is 10.0. The summed E-state index contributed by atoms with van der Waals surface area (Å²) in [4.78, 5) is 3.78. The van der Waals surface area contributed by atoms with Crippen LogP contribution in [-0.2, 0) is 11.5 Å². The third-order valence-corrected chi connectivity index (χ3v) is 2.38. The number of imidazole rings is 1. The molecule has 15 heavy (non-hydrogen) atoms. The minimum atomic E-state index is 0.126. The molecule has 1 aromatic rings. The lowest BCUT2D eigenvalue weighted by Crippen LogP contribution is -2.09. The number of nitriles is 1. The van der Waals surface area contributed by atoms with E-state index in [9.17, 15) is 0 Å². The second-order valence-electron chi connectivity index (χ2n) is 3.45. The molecule has 0 amide bonds. The van der Waals surface area contributed by atoms with Gasteiger partial charge < -0.3 is 4.74 Å². The molecule has 0 fully saturated rings. The van der Waals surface area contributed by atoms with E-state index in [4.69, 9.17) is 33.2 Å². The zero-order valence-electron chi connectivity index (χ0n) is 8.50. The summed E-state index contributed by atoms with van der Waals surface area (Å²) in [6.07, 6.45) is 0. The molecule has 0 saturated heterocycles. The summed E-state index contributed by atoms with van der Waals surface area (Å²) in [5.74, 6) is 0.585. The van der Waals surface area contributed by atoms with Crippen LogP contribution >= 0.6 is 23.2 Å². The summed E-state index contributed by atoms with van der Waals surface area (Å²) in [5.41, 5.74) is 0. The molecular formula is C9H11Cl2N3O. The highest BCUT2D eigenvalue weighted by Crippen LogP contribution is 2.22. The van der Waals surface area contributed by atoms with Gasteiger partial charge >= 0.3 is 0 Å². The second-order valence-corrected chi connectivity index (χ2v) is 4.17. The van der Waals surface area contributed by atoms with Crippen molar-refractivity contribution in [1.82, 2.24) is 9.55 Å². The van der Waals surface area contributed by atoms with Crippen molar-refractivity contribution in [2.75, 3.05) is 6.61 Å². The van der Waals surface area contributed by atoms with Gasteiger partial charge in [0.05, 0.1) is 6.61 Å². The highest BCUT2D eigenvalue weighted by Gasteiger charge is 2.13. The summed E-state index contributed by atoms with van der Waals surface area (Å²) in [5, 5.41) is 9.12. The number of hydrogen-bond acceptors (Lipinski definition) is 3. The van der Waals surface area contributed by atoms with Gasteiger partial charge in [-0.05, 0) is 5.92 Å². The van der Waals surface area contributed by atoms with Gasteiger partial charge in [0, 0.05) is 0 Å². The van der Waals surface area contributed by atoms with E-state index < -0.39 is 0 Å². The molecule has 0 aliphatic heterocycles. The van der Waals surface area contributed by atoms with Crippen LogP contribution in [-0.4, -0.2) is 16.2 Å². The second kappa shape index (κ2) is 5.36. The van der Waals surface area contributed by atoms with Crippen molar-refractivity contribution in [2.45, 2.75) is 20.6 Å². The summed E-state index contributed by atoms with van der Waals surface area (Å²) in [6.45, 7) is 4.86. The monoisotopic (exact) mass is 247 g/mol. The number of ether oxygens (including phenoxy) is 1. The third-order valence-electron chi connectivity index (χ3n) is 1.64. The van der Waals surface area contributed by atoms with Crippen LogP contribution in [0.4, 0.5) is 0 Å². The molecule has 1 heterocycles. The summed E-state index contributed by atoms with van der Waals surface area (Å²) in [7, 11) is 0. The molecule has 0 aliphatic carbocycles. The van der Waals surface area contributed by atoms with E-state index >= 15 is 0 Å². The van der Waals surface area contributed by atoms with Gasteiger partial charge in [-0.1, -0.05) is 37.0 Å².